The van der Waals surface area contributed by atoms with E-state index >= 15 is 0 Å². The van der Waals surface area contributed by atoms with Crippen molar-refractivity contribution < 1.29 is 0 Å². The standard InChI is InChI=1S/C15H23N7S.ClH/c1-4-21(2)12-9-13(18-10-17-12)23-15-20-19-14(22(15)3)11-5-7-16-8-6-11;/h9-11,16H,4-8H2,1-3H3;1H. The summed E-state index contributed by atoms with van der Waals surface area (Å²) in [6, 6.07) is 1.99. The van der Waals surface area contributed by atoms with Crippen molar-refractivity contribution in [2.24, 2.45) is 7.05 Å². The van der Waals surface area contributed by atoms with E-state index in [1.807, 2.05) is 20.2 Å². The second kappa shape index (κ2) is 8.64. The maximum absolute atomic E-state index is 4.42. The van der Waals surface area contributed by atoms with Crippen molar-refractivity contribution in [3.63, 3.8) is 0 Å². The van der Waals surface area contributed by atoms with Gasteiger partial charge in [0.1, 0.15) is 23.0 Å². The number of nitrogens with zero attached hydrogens (tertiary/aromatic N) is 6. The van der Waals surface area contributed by atoms with Crippen LogP contribution in [-0.2, 0) is 7.05 Å². The van der Waals surface area contributed by atoms with Gasteiger partial charge in [0, 0.05) is 32.6 Å². The van der Waals surface area contributed by atoms with E-state index < -0.39 is 0 Å². The van der Waals surface area contributed by atoms with Gasteiger partial charge in [0.05, 0.1) is 0 Å². The molecule has 1 saturated heterocycles. The average Bonchev–Trinajstić information content (AvgIpc) is 2.96. The Morgan fingerprint density at radius 3 is 2.75 bits per heavy atom. The minimum atomic E-state index is 0. The minimum absolute atomic E-state index is 0. The second-order valence-electron chi connectivity index (χ2n) is 5.75. The lowest BCUT2D eigenvalue weighted by Crippen LogP contribution is -2.27. The van der Waals surface area contributed by atoms with E-state index in [9.17, 15) is 0 Å². The predicted octanol–water partition coefficient (Wildman–Crippen LogP) is 2.10. The van der Waals surface area contributed by atoms with Crippen LogP contribution in [0.4, 0.5) is 5.82 Å². The van der Waals surface area contributed by atoms with Gasteiger partial charge in [-0.1, -0.05) is 0 Å². The first-order chi connectivity index (χ1) is 11.2. The lowest BCUT2D eigenvalue weighted by Gasteiger charge is -2.21. The fraction of sp³-hybridized carbons (Fsp3) is 0.600. The molecule has 2 aromatic rings. The van der Waals surface area contributed by atoms with Gasteiger partial charge >= 0.3 is 0 Å². The van der Waals surface area contributed by atoms with Gasteiger partial charge < -0.3 is 14.8 Å². The summed E-state index contributed by atoms with van der Waals surface area (Å²) in [4.78, 5) is 10.7. The van der Waals surface area contributed by atoms with Crippen molar-refractivity contribution in [1.82, 2.24) is 30.0 Å². The molecule has 7 nitrogen and oxygen atoms in total. The van der Waals surface area contributed by atoms with Crippen LogP contribution in [0.3, 0.4) is 0 Å². The van der Waals surface area contributed by atoms with Crippen LogP contribution in [0.5, 0.6) is 0 Å². The van der Waals surface area contributed by atoms with E-state index in [0.717, 1.165) is 54.3 Å². The lowest BCUT2D eigenvalue weighted by atomic mass is 9.97. The van der Waals surface area contributed by atoms with Gasteiger partial charge in [-0.2, -0.15) is 0 Å². The maximum atomic E-state index is 4.42. The SMILES string of the molecule is CCN(C)c1cc(Sc2nnc(C3CCNCC3)n2C)ncn1.Cl. The number of aromatic nitrogens is 5. The van der Waals surface area contributed by atoms with Crippen LogP contribution in [0, 0.1) is 0 Å². The Kier molecular flexibility index (Phi) is 6.82. The van der Waals surface area contributed by atoms with Crippen molar-refractivity contribution in [1.29, 1.82) is 0 Å². The summed E-state index contributed by atoms with van der Waals surface area (Å²) >= 11 is 1.54. The molecule has 0 bridgehead atoms. The molecule has 1 fully saturated rings. The highest BCUT2D eigenvalue weighted by atomic mass is 35.5. The average molecular weight is 370 g/mol. The molecule has 0 amide bonds. The van der Waals surface area contributed by atoms with Gasteiger partial charge in [-0.05, 0) is 44.6 Å². The molecule has 24 heavy (non-hydrogen) atoms. The third-order valence-corrected chi connectivity index (χ3v) is 5.23. The van der Waals surface area contributed by atoms with Gasteiger partial charge in [-0.25, -0.2) is 9.97 Å². The normalized spacial score (nSPS) is 15.1. The monoisotopic (exact) mass is 369 g/mol. The highest BCUT2D eigenvalue weighted by molar-refractivity contribution is 7.99. The summed E-state index contributed by atoms with van der Waals surface area (Å²) in [5, 5.41) is 13.9. The van der Waals surface area contributed by atoms with E-state index in [-0.39, 0.29) is 12.4 Å². The summed E-state index contributed by atoms with van der Waals surface area (Å²) in [6.07, 6.45) is 3.85. The molecule has 0 atom stereocenters. The van der Waals surface area contributed by atoms with Gasteiger partial charge in [0.15, 0.2) is 5.16 Å². The van der Waals surface area contributed by atoms with Crippen LogP contribution in [0.25, 0.3) is 0 Å². The summed E-state index contributed by atoms with van der Waals surface area (Å²) < 4.78 is 2.10. The van der Waals surface area contributed by atoms with E-state index in [1.165, 1.54) is 11.8 Å². The van der Waals surface area contributed by atoms with Gasteiger partial charge in [0.2, 0.25) is 0 Å². The molecular formula is C15H24ClN7S. The van der Waals surface area contributed by atoms with Gasteiger partial charge in [-0.15, -0.1) is 22.6 Å². The summed E-state index contributed by atoms with van der Waals surface area (Å²) in [5.74, 6) is 2.50. The predicted molar refractivity (Wildman–Crippen MR) is 98.2 cm³/mol. The number of rotatable bonds is 5. The lowest BCUT2D eigenvalue weighted by molar-refractivity contribution is 0.434. The van der Waals surface area contributed by atoms with Crippen LogP contribution in [-0.4, -0.2) is 51.4 Å². The number of halogens is 1. The van der Waals surface area contributed by atoms with Gasteiger partial charge in [-0.3, -0.25) is 0 Å². The smallest absolute Gasteiger partial charge is 0.197 e. The Morgan fingerprint density at radius 1 is 1.29 bits per heavy atom. The topological polar surface area (TPSA) is 71.8 Å². The molecule has 1 aliphatic heterocycles. The number of nitrogens with one attached hydrogen (secondary N) is 1. The highest BCUT2D eigenvalue weighted by Crippen LogP contribution is 2.30. The Morgan fingerprint density at radius 2 is 2.04 bits per heavy atom. The molecule has 0 saturated carbocycles. The molecule has 3 heterocycles. The molecule has 0 spiro atoms. The molecule has 2 aromatic heterocycles. The Bertz CT molecular complexity index is 657. The van der Waals surface area contributed by atoms with E-state index in [1.54, 1.807) is 6.33 Å². The van der Waals surface area contributed by atoms with Crippen LogP contribution in [0.15, 0.2) is 22.6 Å². The highest BCUT2D eigenvalue weighted by Gasteiger charge is 2.22. The number of piperidine rings is 1. The number of hydrogen-bond acceptors (Lipinski definition) is 7. The van der Waals surface area contributed by atoms with Crippen LogP contribution in [0.2, 0.25) is 0 Å². The van der Waals surface area contributed by atoms with E-state index in [0.29, 0.717) is 5.92 Å². The molecule has 9 heteroatoms. The van der Waals surface area contributed by atoms with Crippen molar-refractivity contribution in [3.8, 4) is 0 Å². The van der Waals surface area contributed by atoms with Crippen LogP contribution < -0.4 is 10.2 Å². The summed E-state index contributed by atoms with van der Waals surface area (Å²) in [6.45, 7) is 5.12. The quantitative estimate of drug-likeness (QED) is 0.809. The zero-order valence-electron chi connectivity index (χ0n) is 14.3. The molecule has 0 aromatic carbocycles. The summed E-state index contributed by atoms with van der Waals surface area (Å²) in [5.41, 5.74) is 0. The van der Waals surface area contributed by atoms with Crippen LogP contribution >= 0.6 is 24.2 Å². The Balaban J connectivity index is 0.00000208. The fourth-order valence-corrected chi connectivity index (χ4v) is 3.46. The maximum Gasteiger partial charge on any atom is 0.197 e. The van der Waals surface area contributed by atoms with Crippen molar-refractivity contribution >= 4 is 30.0 Å². The molecular weight excluding hydrogens is 346 g/mol. The number of anilines is 1. The van der Waals surface area contributed by atoms with Crippen molar-refractivity contribution in [2.75, 3.05) is 31.6 Å². The first-order valence-electron chi connectivity index (χ1n) is 8.00. The van der Waals surface area contributed by atoms with E-state index in [4.69, 9.17) is 0 Å². The van der Waals surface area contributed by atoms with Crippen molar-refractivity contribution in [3.05, 3.63) is 18.2 Å². The minimum Gasteiger partial charge on any atom is -0.360 e. The molecule has 1 aliphatic rings. The molecule has 3 rings (SSSR count). The third-order valence-electron chi connectivity index (χ3n) is 4.26. The molecule has 0 radical (unpaired) electrons. The number of hydrogen-bond donors (Lipinski definition) is 1. The zero-order valence-corrected chi connectivity index (χ0v) is 15.9. The van der Waals surface area contributed by atoms with E-state index in [2.05, 4.69) is 41.9 Å². The zero-order chi connectivity index (χ0) is 16.2. The first kappa shape index (κ1) is 19.0. The molecule has 0 aliphatic carbocycles. The third kappa shape index (κ3) is 4.17. The molecule has 0 unspecified atom stereocenters. The summed E-state index contributed by atoms with van der Waals surface area (Å²) in [7, 11) is 4.06. The van der Waals surface area contributed by atoms with Crippen molar-refractivity contribution in [2.45, 2.75) is 35.9 Å². The first-order valence-corrected chi connectivity index (χ1v) is 8.81. The second-order valence-corrected chi connectivity index (χ2v) is 6.74. The Labute approximate surface area is 153 Å². The fourth-order valence-electron chi connectivity index (χ4n) is 2.70. The Hall–Kier alpha value is -1.38. The molecule has 132 valence electrons. The van der Waals surface area contributed by atoms with Crippen LogP contribution in [0.1, 0.15) is 31.5 Å². The largest absolute Gasteiger partial charge is 0.360 e. The van der Waals surface area contributed by atoms with Gasteiger partial charge in [0.25, 0.3) is 0 Å². The molecule has 1 N–H and O–H groups in total.